The lowest BCUT2D eigenvalue weighted by atomic mass is 10.0. The highest BCUT2D eigenvalue weighted by Crippen LogP contribution is 2.32. The quantitative estimate of drug-likeness (QED) is 0.613. The normalized spacial score (nSPS) is 20.3. The number of nitrogens with two attached hydrogens (primary N) is 1. The molecule has 1 aliphatic heterocycles. The van der Waals surface area contributed by atoms with Crippen LogP contribution in [0.15, 0.2) is 6.33 Å². The van der Waals surface area contributed by atoms with Gasteiger partial charge in [-0.05, 0) is 18.8 Å². The average Bonchev–Trinajstić information content (AvgIpc) is 2.28. The van der Waals surface area contributed by atoms with Crippen molar-refractivity contribution in [2.75, 3.05) is 23.7 Å². The number of nitrogens with zero attached hydrogens (tertiary/aromatic N) is 4. The lowest BCUT2D eigenvalue weighted by molar-refractivity contribution is -0.383. The first-order valence-corrected chi connectivity index (χ1v) is 5.59. The van der Waals surface area contributed by atoms with Crippen molar-refractivity contribution in [3.8, 4) is 0 Å². The van der Waals surface area contributed by atoms with Crippen LogP contribution < -0.4 is 10.6 Å². The molecule has 0 radical (unpaired) electrons. The zero-order chi connectivity index (χ0) is 12.4. The first kappa shape index (κ1) is 11.6. The Bertz CT molecular complexity index is 437. The Balaban J connectivity index is 2.37. The van der Waals surface area contributed by atoms with Crippen LogP contribution in [0.4, 0.5) is 17.3 Å². The van der Waals surface area contributed by atoms with Gasteiger partial charge >= 0.3 is 5.69 Å². The number of anilines is 2. The summed E-state index contributed by atoms with van der Waals surface area (Å²) in [6.45, 7) is 3.68. The molecule has 2 rings (SSSR count). The molecule has 1 aliphatic rings. The SMILES string of the molecule is C[C@@H]1CCCN(c2ncnc(N)c2[N+](=O)[O-])C1. The van der Waals surface area contributed by atoms with Crippen LogP contribution in [-0.4, -0.2) is 28.0 Å². The molecule has 0 aromatic carbocycles. The molecule has 0 spiro atoms. The summed E-state index contributed by atoms with van der Waals surface area (Å²) < 4.78 is 0. The van der Waals surface area contributed by atoms with Gasteiger partial charge in [-0.25, -0.2) is 9.97 Å². The van der Waals surface area contributed by atoms with Crippen molar-refractivity contribution in [2.24, 2.45) is 5.92 Å². The smallest absolute Gasteiger partial charge is 0.353 e. The summed E-state index contributed by atoms with van der Waals surface area (Å²) in [6.07, 6.45) is 3.43. The van der Waals surface area contributed by atoms with E-state index in [1.54, 1.807) is 0 Å². The number of hydrogen-bond donors (Lipinski definition) is 1. The van der Waals surface area contributed by atoms with Gasteiger partial charge in [0.2, 0.25) is 11.6 Å². The molecule has 2 N–H and O–H groups in total. The average molecular weight is 237 g/mol. The van der Waals surface area contributed by atoms with Crippen molar-refractivity contribution >= 4 is 17.3 Å². The fourth-order valence-electron chi connectivity index (χ4n) is 2.17. The molecule has 1 fully saturated rings. The molecule has 0 amide bonds. The van der Waals surface area contributed by atoms with E-state index in [0.29, 0.717) is 11.7 Å². The molecular formula is C10H15N5O2. The second-order valence-corrected chi connectivity index (χ2v) is 4.38. The van der Waals surface area contributed by atoms with Crippen molar-refractivity contribution in [3.63, 3.8) is 0 Å². The van der Waals surface area contributed by atoms with Crippen LogP contribution in [-0.2, 0) is 0 Å². The van der Waals surface area contributed by atoms with Crippen LogP contribution >= 0.6 is 0 Å². The third-order valence-corrected chi connectivity index (χ3v) is 2.97. The van der Waals surface area contributed by atoms with E-state index in [1.165, 1.54) is 6.33 Å². The first-order valence-electron chi connectivity index (χ1n) is 5.59. The van der Waals surface area contributed by atoms with E-state index in [9.17, 15) is 10.1 Å². The standard InChI is InChI=1S/C10H15N5O2/c1-7-3-2-4-14(5-7)10-8(15(16)17)9(11)12-6-13-10/h6-7H,2-5H2,1H3,(H2,11,12,13)/t7-/m1/s1. The Hall–Kier alpha value is -1.92. The molecule has 2 heterocycles. The first-order chi connectivity index (χ1) is 8.09. The molecule has 7 nitrogen and oxygen atoms in total. The fraction of sp³-hybridized carbons (Fsp3) is 0.600. The van der Waals surface area contributed by atoms with E-state index in [1.807, 2.05) is 4.90 Å². The van der Waals surface area contributed by atoms with E-state index in [2.05, 4.69) is 16.9 Å². The predicted molar refractivity (Wildman–Crippen MR) is 63.7 cm³/mol. The van der Waals surface area contributed by atoms with E-state index in [4.69, 9.17) is 5.73 Å². The molecule has 1 saturated heterocycles. The molecule has 0 unspecified atom stereocenters. The number of rotatable bonds is 2. The molecule has 17 heavy (non-hydrogen) atoms. The van der Waals surface area contributed by atoms with E-state index >= 15 is 0 Å². The topological polar surface area (TPSA) is 98.2 Å². The van der Waals surface area contributed by atoms with E-state index < -0.39 is 4.92 Å². The maximum Gasteiger partial charge on any atom is 0.353 e. The van der Waals surface area contributed by atoms with Crippen molar-refractivity contribution in [1.82, 2.24) is 9.97 Å². The van der Waals surface area contributed by atoms with Crippen LogP contribution in [0.25, 0.3) is 0 Å². The van der Waals surface area contributed by atoms with E-state index in [0.717, 1.165) is 25.9 Å². The van der Waals surface area contributed by atoms with Crippen molar-refractivity contribution in [2.45, 2.75) is 19.8 Å². The molecule has 0 aliphatic carbocycles. The Labute approximate surface area is 98.8 Å². The minimum atomic E-state index is -0.510. The predicted octanol–water partition coefficient (Wildman–Crippen LogP) is 1.20. The van der Waals surface area contributed by atoms with Crippen molar-refractivity contribution in [1.29, 1.82) is 0 Å². The third-order valence-electron chi connectivity index (χ3n) is 2.97. The molecule has 1 aromatic heterocycles. The van der Waals surface area contributed by atoms with Crippen molar-refractivity contribution < 1.29 is 4.92 Å². The molecular weight excluding hydrogens is 222 g/mol. The number of aromatic nitrogens is 2. The van der Waals surface area contributed by atoms with Gasteiger partial charge in [-0.2, -0.15) is 0 Å². The van der Waals surface area contributed by atoms with Gasteiger partial charge in [-0.15, -0.1) is 0 Å². The van der Waals surface area contributed by atoms with Crippen LogP contribution in [0.5, 0.6) is 0 Å². The highest BCUT2D eigenvalue weighted by Gasteiger charge is 2.27. The summed E-state index contributed by atoms with van der Waals surface area (Å²) in [6, 6.07) is 0. The molecule has 0 bridgehead atoms. The Morgan fingerprint density at radius 3 is 3.00 bits per heavy atom. The minimum absolute atomic E-state index is 0.0711. The summed E-state index contributed by atoms with van der Waals surface area (Å²) >= 11 is 0. The number of nitrogen functional groups attached to an aromatic ring is 1. The van der Waals surface area contributed by atoms with Crippen LogP contribution in [0.3, 0.4) is 0 Å². The number of nitro groups is 1. The highest BCUT2D eigenvalue weighted by atomic mass is 16.6. The van der Waals surface area contributed by atoms with E-state index in [-0.39, 0.29) is 11.5 Å². The fourth-order valence-corrected chi connectivity index (χ4v) is 2.17. The molecule has 1 atom stereocenters. The molecule has 7 heteroatoms. The van der Waals surface area contributed by atoms with Crippen molar-refractivity contribution in [3.05, 3.63) is 16.4 Å². The van der Waals surface area contributed by atoms with Crippen LogP contribution in [0.2, 0.25) is 0 Å². The second kappa shape index (κ2) is 4.52. The molecule has 92 valence electrons. The lowest BCUT2D eigenvalue weighted by Gasteiger charge is -2.31. The zero-order valence-corrected chi connectivity index (χ0v) is 9.67. The van der Waals surface area contributed by atoms with Gasteiger partial charge in [0.25, 0.3) is 0 Å². The largest absolute Gasteiger partial charge is 0.378 e. The van der Waals surface area contributed by atoms with Gasteiger partial charge in [0.05, 0.1) is 4.92 Å². The zero-order valence-electron chi connectivity index (χ0n) is 9.67. The monoisotopic (exact) mass is 237 g/mol. The van der Waals surface area contributed by atoms with Gasteiger partial charge in [-0.3, -0.25) is 10.1 Å². The summed E-state index contributed by atoms with van der Waals surface area (Å²) in [5, 5.41) is 11.0. The third kappa shape index (κ3) is 2.27. The highest BCUT2D eigenvalue weighted by molar-refractivity contribution is 5.68. The summed E-state index contributed by atoms with van der Waals surface area (Å²) in [7, 11) is 0. The van der Waals surface area contributed by atoms with Gasteiger partial charge < -0.3 is 10.6 Å². The van der Waals surface area contributed by atoms with Crippen LogP contribution in [0.1, 0.15) is 19.8 Å². The summed E-state index contributed by atoms with van der Waals surface area (Å²) in [4.78, 5) is 20.1. The van der Waals surface area contributed by atoms with Gasteiger partial charge in [0.15, 0.2) is 0 Å². The second-order valence-electron chi connectivity index (χ2n) is 4.38. The Morgan fingerprint density at radius 1 is 1.59 bits per heavy atom. The Morgan fingerprint density at radius 2 is 2.35 bits per heavy atom. The minimum Gasteiger partial charge on any atom is -0.378 e. The summed E-state index contributed by atoms with van der Waals surface area (Å²) in [5.74, 6) is 0.784. The lowest BCUT2D eigenvalue weighted by Crippen LogP contribution is -2.35. The maximum absolute atomic E-state index is 11.0. The van der Waals surface area contributed by atoms with Gasteiger partial charge in [-0.1, -0.05) is 6.92 Å². The van der Waals surface area contributed by atoms with Crippen LogP contribution in [0, 0.1) is 16.0 Å². The molecule has 0 saturated carbocycles. The number of piperidine rings is 1. The summed E-state index contributed by atoms with van der Waals surface area (Å²) in [5.41, 5.74) is 5.37. The van der Waals surface area contributed by atoms with Gasteiger partial charge in [0, 0.05) is 13.1 Å². The van der Waals surface area contributed by atoms with Gasteiger partial charge in [0.1, 0.15) is 6.33 Å². The molecule has 1 aromatic rings. The maximum atomic E-state index is 11.0. The number of hydrogen-bond acceptors (Lipinski definition) is 6. The Kier molecular flexibility index (Phi) is 3.08.